The van der Waals surface area contributed by atoms with Crippen LogP contribution in [-0.2, 0) is 13.0 Å². The number of hydrogen-bond donors (Lipinski definition) is 1. The number of nitrogens with zero attached hydrogens (tertiary/aromatic N) is 2. The van der Waals surface area contributed by atoms with E-state index in [0.29, 0.717) is 18.8 Å². The van der Waals surface area contributed by atoms with Crippen LogP contribution in [0.1, 0.15) is 29.0 Å². The summed E-state index contributed by atoms with van der Waals surface area (Å²) in [6.07, 6.45) is 0.625. The number of hydrogen-bond acceptors (Lipinski definition) is 5. The summed E-state index contributed by atoms with van der Waals surface area (Å²) in [4.78, 5) is 15.8. The first kappa shape index (κ1) is 14.5. The maximum absolute atomic E-state index is 11.8. The quantitative estimate of drug-likeness (QED) is 0.904. The molecule has 0 fully saturated rings. The third kappa shape index (κ3) is 3.57. The average Bonchev–Trinajstić information content (AvgIpc) is 2.93. The van der Waals surface area contributed by atoms with Gasteiger partial charge in [0.1, 0.15) is 5.75 Å². The summed E-state index contributed by atoms with van der Waals surface area (Å²) in [6.45, 7) is 2.23. The minimum Gasteiger partial charge on any atom is -0.497 e. The van der Waals surface area contributed by atoms with Crippen LogP contribution in [0.5, 0.6) is 5.75 Å². The van der Waals surface area contributed by atoms with Crippen LogP contribution < -0.4 is 10.1 Å². The van der Waals surface area contributed by atoms with Crippen molar-refractivity contribution in [1.29, 1.82) is 0 Å². The number of halogens is 1. The Balaban J connectivity index is 2.01. The second kappa shape index (κ2) is 6.51. The van der Waals surface area contributed by atoms with Crippen LogP contribution in [-0.4, -0.2) is 23.2 Å². The molecule has 0 radical (unpaired) electrons. The van der Waals surface area contributed by atoms with Crippen LogP contribution >= 0.6 is 15.9 Å². The molecular formula is C13H14BrN3O3. The number of aromatic nitrogens is 2. The van der Waals surface area contributed by atoms with E-state index in [1.807, 2.05) is 25.1 Å². The molecule has 2 rings (SSSR count). The molecule has 20 heavy (non-hydrogen) atoms. The Morgan fingerprint density at radius 3 is 2.90 bits per heavy atom. The Labute approximate surface area is 124 Å². The van der Waals surface area contributed by atoms with Crippen LogP contribution in [0.25, 0.3) is 0 Å². The molecule has 0 bridgehead atoms. The molecule has 0 unspecified atom stereocenters. The number of amides is 1. The van der Waals surface area contributed by atoms with Crippen LogP contribution in [0.4, 0.5) is 0 Å². The number of methoxy groups -OCH3 is 1. The SMILES string of the molecule is CCc1noc(C(=O)NCc2cc(Br)cc(OC)c2)n1. The van der Waals surface area contributed by atoms with Crippen molar-refractivity contribution in [1.82, 2.24) is 15.5 Å². The Kier molecular flexibility index (Phi) is 4.73. The van der Waals surface area contributed by atoms with E-state index < -0.39 is 5.91 Å². The number of aryl methyl sites for hydroxylation is 1. The predicted octanol–water partition coefficient (Wildman–Crippen LogP) is 2.33. The number of carbonyl (C=O) groups is 1. The fourth-order valence-corrected chi connectivity index (χ4v) is 2.11. The molecule has 0 saturated heterocycles. The molecule has 1 amide bonds. The number of nitrogens with one attached hydrogen (secondary N) is 1. The highest BCUT2D eigenvalue weighted by atomic mass is 79.9. The molecule has 1 aromatic heterocycles. The fourth-order valence-electron chi connectivity index (χ4n) is 1.59. The smallest absolute Gasteiger partial charge is 0.315 e. The molecule has 1 N–H and O–H groups in total. The van der Waals surface area contributed by atoms with Crippen molar-refractivity contribution < 1.29 is 14.1 Å². The zero-order valence-corrected chi connectivity index (χ0v) is 12.7. The van der Waals surface area contributed by atoms with E-state index in [4.69, 9.17) is 9.26 Å². The highest BCUT2D eigenvalue weighted by molar-refractivity contribution is 9.10. The zero-order chi connectivity index (χ0) is 14.5. The zero-order valence-electron chi connectivity index (χ0n) is 11.1. The maximum Gasteiger partial charge on any atom is 0.315 e. The van der Waals surface area contributed by atoms with E-state index in [1.54, 1.807) is 7.11 Å². The molecule has 2 aromatic rings. The lowest BCUT2D eigenvalue weighted by Crippen LogP contribution is -2.23. The minimum absolute atomic E-state index is 0.0242. The first-order valence-electron chi connectivity index (χ1n) is 6.06. The van der Waals surface area contributed by atoms with Gasteiger partial charge in [-0.1, -0.05) is 28.0 Å². The van der Waals surface area contributed by atoms with Gasteiger partial charge in [-0.2, -0.15) is 4.98 Å². The van der Waals surface area contributed by atoms with Crippen molar-refractivity contribution in [3.8, 4) is 5.75 Å². The molecule has 0 atom stereocenters. The van der Waals surface area contributed by atoms with E-state index in [-0.39, 0.29) is 5.89 Å². The van der Waals surface area contributed by atoms with Gasteiger partial charge < -0.3 is 14.6 Å². The molecule has 1 heterocycles. The molecule has 1 aromatic carbocycles. The van der Waals surface area contributed by atoms with Gasteiger partial charge in [0.15, 0.2) is 5.82 Å². The summed E-state index contributed by atoms with van der Waals surface area (Å²) in [5.74, 6) is 0.814. The lowest BCUT2D eigenvalue weighted by atomic mass is 10.2. The summed E-state index contributed by atoms with van der Waals surface area (Å²) in [5.41, 5.74) is 0.903. The molecule has 6 nitrogen and oxygen atoms in total. The van der Waals surface area contributed by atoms with Crippen molar-refractivity contribution >= 4 is 21.8 Å². The van der Waals surface area contributed by atoms with Gasteiger partial charge in [0, 0.05) is 17.4 Å². The third-order valence-corrected chi connectivity index (χ3v) is 3.06. The van der Waals surface area contributed by atoms with Crippen molar-refractivity contribution in [2.45, 2.75) is 19.9 Å². The average molecular weight is 340 g/mol. The first-order chi connectivity index (χ1) is 9.62. The summed E-state index contributed by atoms with van der Waals surface area (Å²) in [6, 6.07) is 5.58. The Morgan fingerprint density at radius 2 is 2.25 bits per heavy atom. The summed E-state index contributed by atoms with van der Waals surface area (Å²) in [5, 5.41) is 6.40. The fraction of sp³-hybridized carbons (Fsp3) is 0.308. The van der Waals surface area contributed by atoms with Crippen LogP contribution in [0.3, 0.4) is 0 Å². The van der Waals surface area contributed by atoms with Gasteiger partial charge in [0.2, 0.25) is 0 Å². The monoisotopic (exact) mass is 339 g/mol. The largest absolute Gasteiger partial charge is 0.497 e. The number of rotatable bonds is 5. The number of benzene rings is 1. The lowest BCUT2D eigenvalue weighted by molar-refractivity contribution is 0.0907. The van der Waals surface area contributed by atoms with Gasteiger partial charge in [-0.15, -0.1) is 0 Å². The van der Waals surface area contributed by atoms with Crippen LogP contribution in [0.15, 0.2) is 27.2 Å². The van der Waals surface area contributed by atoms with Crippen molar-refractivity contribution in [3.63, 3.8) is 0 Å². The molecule has 7 heteroatoms. The lowest BCUT2D eigenvalue weighted by Gasteiger charge is -2.06. The molecule has 0 aliphatic carbocycles. The standard InChI is InChI=1S/C13H14BrN3O3/c1-3-11-16-13(20-17-11)12(18)15-7-8-4-9(14)6-10(5-8)19-2/h4-6H,3,7H2,1-2H3,(H,15,18). The normalized spacial score (nSPS) is 10.3. The number of carbonyl (C=O) groups excluding carboxylic acids is 1. The second-order valence-corrected chi connectivity index (χ2v) is 4.97. The highest BCUT2D eigenvalue weighted by Gasteiger charge is 2.14. The summed E-state index contributed by atoms with van der Waals surface area (Å²) in [7, 11) is 1.59. The third-order valence-electron chi connectivity index (χ3n) is 2.60. The second-order valence-electron chi connectivity index (χ2n) is 4.05. The van der Waals surface area contributed by atoms with E-state index in [2.05, 4.69) is 31.4 Å². The Morgan fingerprint density at radius 1 is 1.45 bits per heavy atom. The summed E-state index contributed by atoms with van der Waals surface area (Å²) < 4.78 is 10.9. The minimum atomic E-state index is -0.392. The van der Waals surface area contributed by atoms with Crippen molar-refractivity contribution in [2.75, 3.05) is 7.11 Å². The number of ether oxygens (including phenoxy) is 1. The van der Waals surface area contributed by atoms with Crippen LogP contribution in [0, 0.1) is 0 Å². The van der Waals surface area contributed by atoms with E-state index >= 15 is 0 Å². The molecule has 0 aliphatic heterocycles. The van der Waals surface area contributed by atoms with Crippen molar-refractivity contribution in [2.24, 2.45) is 0 Å². The molecule has 0 spiro atoms. The Bertz CT molecular complexity index is 613. The molecule has 0 aliphatic rings. The summed E-state index contributed by atoms with van der Waals surface area (Å²) >= 11 is 3.38. The molecule has 0 saturated carbocycles. The van der Waals surface area contributed by atoms with Crippen LogP contribution in [0.2, 0.25) is 0 Å². The van der Waals surface area contributed by atoms with E-state index in [1.165, 1.54) is 0 Å². The predicted molar refractivity (Wildman–Crippen MR) is 75.5 cm³/mol. The highest BCUT2D eigenvalue weighted by Crippen LogP contribution is 2.21. The van der Waals surface area contributed by atoms with E-state index in [9.17, 15) is 4.79 Å². The van der Waals surface area contributed by atoms with Gasteiger partial charge in [0.05, 0.1) is 7.11 Å². The van der Waals surface area contributed by atoms with E-state index in [0.717, 1.165) is 15.8 Å². The Hall–Kier alpha value is -1.89. The molecule has 106 valence electrons. The van der Waals surface area contributed by atoms with Gasteiger partial charge in [-0.3, -0.25) is 4.79 Å². The van der Waals surface area contributed by atoms with Gasteiger partial charge in [-0.05, 0) is 23.8 Å². The van der Waals surface area contributed by atoms with Gasteiger partial charge in [-0.25, -0.2) is 0 Å². The van der Waals surface area contributed by atoms with Crippen molar-refractivity contribution in [3.05, 3.63) is 40.0 Å². The first-order valence-corrected chi connectivity index (χ1v) is 6.86. The van der Waals surface area contributed by atoms with Gasteiger partial charge >= 0.3 is 11.8 Å². The molecular weight excluding hydrogens is 326 g/mol. The topological polar surface area (TPSA) is 77.2 Å². The van der Waals surface area contributed by atoms with Gasteiger partial charge in [0.25, 0.3) is 0 Å². The maximum atomic E-state index is 11.8.